The monoisotopic (exact) mass is 325 g/mol. The molecule has 0 aromatic carbocycles. The number of hydrogen-bond donors (Lipinski definition) is 3. The van der Waals surface area contributed by atoms with Gasteiger partial charge in [-0.15, -0.1) is 11.3 Å². The van der Waals surface area contributed by atoms with Crippen LogP contribution in [0.4, 0.5) is 0 Å². The Morgan fingerprint density at radius 2 is 1.95 bits per heavy atom. The van der Waals surface area contributed by atoms with Gasteiger partial charge in [0.05, 0.1) is 12.0 Å². The van der Waals surface area contributed by atoms with Crippen molar-refractivity contribution in [3.63, 3.8) is 0 Å². The number of hydrogen-bond acceptors (Lipinski definition) is 4. The van der Waals surface area contributed by atoms with Crippen molar-refractivity contribution in [2.24, 2.45) is 10.4 Å². The second-order valence-electron chi connectivity index (χ2n) is 5.66. The van der Waals surface area contributed by atoms with Crippen LogP contribution in [0.2, 0.25) is 0 Å². The van der Waals surface area contributed by atoms with Gasteiger partial charge < -0.3 is 16.0 Å². The van der Waals surface area contributed by atoms with Gasteiger partial charge in [-0.1, -0.05) is 0 Å². The van der Waals surface area contributed by atoms with Crippen LogP contribution in [-0.2, 0) is 11.3 Å². The van der Waals surface area contributed by atoms with E-state index in [1.807, 2.05) is 40.8 Å². The Hall–Kier alpha value is -1.63. The van der Waals surface area contributed by atoms with Crippen molar-refractivity contribution in [1.29, 1.82) is 0 Å². The lowest BCUT2D eigenvalue weighted by atomic mass is 9.92. The van der Waals surface area contributed by atoms with Crippen LogP contribution in [-0.4, -0.2) is 36.5 Å². The number of carbonyl (C=O) groups excluding carboxylic acids is 1. The number of thiazole rings is 1. The number of aliphatic imine (C=N–C) groups is 1. The molecule has 1 aromatic heterocycles. The fraction of sp³-hybridized carbons (Fsp3) is 0.667. The molecule has 0 saturated carbocycles. The molecule has 0 atom stereocenters. The van der Waals surface area contributed by atoms with Crippen LogP contribution >= 0.6 is 11.3 Å². The number of aryl methyl sites for hydroxylation is 1. The summed E-state index contributed by atoms with van der Waals surface area (Å²) >= 11 is 1.65. The maximum absolute atomic E-state index is 12.0. The van der Waals surface area contributed by atoms with Gasteiger partial charge in [0.15, 0.2) is 5.96 Å². The normalized spacial score (nSPS) is 12.1. The maximum atomic E-state index is 12.0. The summed E-state index contributed by atoms with van der Waals surface area (Å²) in [6.45, 7) is 12.3. The minimum atomic E-state index is -0.496. The Morgan fingerprint density at radius 3 is 2.50 bits per heavy atom. The molecule has 1 rings (SSSR count). The van der Waals surface area contributed by atoms with E-state index in [2.05, 4.69) is 25.9 Å². The molecule has 124 valence electrons. The standard InChI is InChI=1S/C15H27N5OS/c1-6-16-13(21)15(4,5)10-20-14(17-7-2)19-9-12-18-8-11(3)22-12/h8H,6-7,9-10H2,1-5H3,(H,16,21)(H2,17,19,20). The molecule has 0 fully saturated rings. The van der Waals surface area contributed by atoms with Crippen molar-refractivity contribution in [2.45, 2.75) is 41.2 Å². The lowest BCUT2D eigenvalue weighted by molar-refractivity contribution is -0.128. The van der Waals surface area contributed by atoms with Crippen molar-refractivity contribution in [3.8, 4) is 0 Å². The van der Waals surface area contributed by atoms with Gasteiger partial charge in [-0.3, -0.25) is 4.79 Å². The summed E-state index contributed by atoms with van der Waals surface area (Å²) < 4.78 is 0. The largest absolute Gasteiger partial charge is 0.357 e. The molecule has 0 spiro atoms. The van der Waals surface area contributed by atoms with Crippen molar-refractivity contribution < 1.29 is 4.79 Å². The molecule has 3 N–H and O–H groups in total. The molecule has 7 heteroatoms. The first kappa shape index (κ1) is 18.4. The molecular formula is C15H27N5OS. The zero-order valence-electron chi connectivity index (χ0n) is 14.1. The van der Waals surface area contributed by atoms with Crippen molar-refractivity contribution >= 4 is 23.2 Å². The van der Waals surface area contributed by atoms with Crippen LogP contribution in [0.1, 0.15) is 37.6 Å². The smallest absolute Gasteiger partial charge is 0.227 e. The topological polar surface area (TPSA) is 78.4 Å². The van der Waals surface area contributed by atoms with Crippen LogP contribution in [0.5, 0.6) is 0 Å². The number of rotatable bonds is 7. The quantitative estimate of drug-likeness (QED) is 0.526. The van der Waals surface area contributed by atoms with Gasteiger partial charge in [0.2, 0.25) is 5.91 Å². The highest BCUT2D eigenvalue weighted by Gasteiger charge is 2.27. The van der Waals surface area contributed by atoms with Crippen LogP contribution in [0.25, 0.3) is 0 Å². The number of carbonyl (C=O) groups is 1. The molecule has 0 aliphatic rings. The fourth-order valence-corrected chi connectivity index (χ4v) is 2.46. The molecule has 0 aliphatic heterocycles. The Labute approximate surface area is 136 Å². The first-order chi connectivity index (χ1) is 10.4. The first-order valence-electron chi connectivity index (χ1n) is 7.60. The summed E-state index contributed by atoms with van der Waals surface area (Å²) in [5.41, 5.74) is -0.496. The highest BCUT2D eigenvalue weighted by atomic mass is 32.1. The Bertz CT molecular complexity index is 510. The predicted molar refractivity (Wildman–Crippen MR) is 92.1 cm³/mol. The van der Waals surface area contributed by atoms with Crippen molar-refractivity contribution in [2.75, 3.05) is 19.6 Å². The third kappa shape index (κ3) is 6.01. The molecule has 1 aromatic rings. The van der Waals surface area contributed by atoms with Gasteiger partial charge in [-0.2, -0.15) is 0 Å². The van der Waals surface area contributed by atoms with E-state index >= 15 is 0 Å². The number of amides is 1. The average molecular weight is 325 g/mol. The molecule has 0 bridgehead atoms. The van der Waals surface area contributed by atoms with Gasteiger partial charge in [-0.05, 0) is 34.6 Å². The zero-order valence-corrected chi connectivity index (χ0v) is 14.9. The molecule has 0 aliphatic carbocycles. The summed E-state index contributed by atoms with van der Waals surface area (Å²) in [6, 6.07) is 0. The fourth-order valence-electron chi connectivity index (χ4n) is 1.75. The number of nitrogens with zero attached hydrogens (tertiary/aromatic N) is 2. The molecule has 0 unspecified atom stereocenters. The second-order valence-corrected chi connectivity index (χ2v) is 6.98. The Kier molecular flexibility index (Phi) is 7.31. The van der Waals surface area contributed by atoms with Gasteiger partial charge in [0, 0.05) is 30.7 Å². The Balaban J connectivity index is 2.61. The minimum Gasteiger partial charge on any atom is -0.357 e. The molecule has 1 amide bonds. The predicted octanol–water partition coefficient (Wildman–Crippen LogP) is 1.67. The minimum absolute atomic E-state index is 0.0360. The van der Waals surface area contributed by atoms with E-state index in [1.165, 1.54) is 4.88 Å². The van der Waals surface area contributed by atoms with Crippen molar-refractivity contribution in [1.82, 2.24) is 20.9 Å². The van der Waals surface area contributed by atoms with E-state index in [0.717, 1.165) is 11.6 Å². The van der Waals surface area contributed by atoms with E-state index in [1.54, 1.807) is 11.3 Å². The Morgan fingerprint density at radius 1 is 1.27 bits per heavy atom. The summed E-state index contributed by atoms with van der Waals surface area (Å²) in [5, 5.41) is 10.3. The van der Waals surface area contributed by atoms with Gasteiger partial charge in [0.1, 0.15) is 5.01 Å². The van der Waals surface area contributed by atoms with Crippen molar-refractivity contribution in [3.05, 3.63) is 16.1 Å². The highest BCUT2D eigenvalue weighted by Crippen LogP contribution is 2.14. The molecule has 6 nitrogen and oxygen atoms in total. The van der Waals surface area contributed by atoms with E-state index in [-0.39, 0.29) is 5.91 Å². The third-order valence-corrected chi connectivity index (χ3v) is 3.93. The zero-order chi connectivity index (χ0) is 16.6. The van der Waals surface area contributed by atoms with E-state index in [0.29, 0.717) is 25.6 Å². The lowest BCUT2D eigenvalue weighted by Crippen LogP contribution is -2.47. The van der Waals surface area contributed by atoms with Crippen LogP contribution in [0.3, 0.4) is 0 Å². The molecule has 0 radical (unpaired) electrons. The number of nitrogens with one attached hydrogen (secondary N) is 3. The molecule has 1 heterocycles. The third-order valence-electron chi connectivity index (χ3n) is 3.04. The summed E-state index contributed by atoms with van der Waals surface area (Å²) in [4.78, 5) is 22.0. The maximum Gasteiger partial charge on any atom is 0.227 e. The summed E-state index contributed by atoms with van der Waals surface area (Å²) in [6.07, 6.45) is 1.86. The molecule has 22 heavy (non-hydrogen) atoms. The van der Waals surface area contributed by atoms with E-state index < -0.39 is 5.41 Å². The van der Waals surface area contributed by atoms with E-state index in [9.17, 15) is 4.79 Å². The SMILES string of the molecule is CCNC(=O)C(C)(C)CNC(=NCc1ncc(C)s1)NCC. The number of guanidine groups is 1. The molecule has 0 saturated heterocycles. The van der Waals surface area contributed by atoms with Crippen LogP contribution in [0, 0.1) is 12.3 Å². The second kappa shape index (κ2) is 8.73. The highest BCUT2D eigenvalue weighted by molar-refractivity contribution is 7.11. The summed E-state index contributed by atoms with van der Waals surface area (Å²) in [5.74, 6) is 0.738. The molecular weight excluding hydrogens is 298 g/mol. The van der Waals surface area contributed by atoms with Crippen LogP contribution in [0.15, 0.2) is 11.2 Å². The van der Waals surface area contributed by atoms with Crippen LogP contribution < -0.4 is 16.0 Å². The van der Waals surface area contributed by atoms with Gasteiger partial charge in [0.25, 0.3) is 0 Å². The number of aromatic nitrogens is 1. The first-order valence-corrected chi connectivity index (χ1v) is 8.42. The van der Waals surface area contributed by atoms with Gasteiger partial charge >= 0.3 is 0 Å². The van der Waals surface area contributed by atoms with E-state index in [4.69, 9.17) is 0 Å². The lowest BCUT2D eigenvalue weighted by Gasteiger charge is -2.24. The van der Waals surface area contributed by atoms with Gasteiger partial charge in [-0.25, -0.2) is 9.98 Å². The summed E-state index contributed by atoms with van der Waals surface area (Å²) in [7, 11) is 0. The average Bonchev–Trinajstić information content (AvgIpc) is 2.88.